The molecule has 2 N–H and O–H groups in total. The maximum Gasteiger partial charge on any atom is 0.238 e. The molecule has 0 radical (unpaired) electrons. The number of anilines is 1. The number of hydrogen-bond acceptors (Lipinski definition) is 5. The number of para-hydroxylation sites is 1. The van der Waals surface area contributed by atoms with E-state index in [1.54, 1.807) is 44.5 Å². The van der Waals surface area contributed by atoms with Gasteiger partial charge in [-0.05, 0) is 58.7 Å². The quantitative estimate of drug-likeness (QED) is 0.521. The average Bonchev–Trinajstić information content (AvgIpc) is 2.95. The smallest absolute Gasteiger partial charge is 0.238 e. The molecule has 0 aliphatic rings. The molecule has 0 bridgehead atoms. The van der Waals surface area contributed by atoms with E-state index < -0.39 is 6.04 Å². The number of nitrogens with zero attached hydrogens (tertiary/aromatic N) is 1. The summed E-state index contributed by atoms with van der Waals surface area (Å²) in [4.78, 5) is 42.9. The molecule has 0 unspecified atom stereocenters. The summed E-state index contributed by atoms with van der Waals surface area (Å²) in [5.41, 5.74) is 3.09. The number of Topliss-reactive ketones (excluding diaryl/α,β-unsaturated/α-hetero) is 2. The van der Waals surface area contributed by atoms with Crippen LogP contribution in [0.4, 0.5) is 5.69 Å². The zero-order chi connectivity index (χ0) is 21.0. The van der Waals surface area contributed by atoms with Crippen LogP contribution in [-0.4, -0.2) is 53.2 Å². The van der Waals surface area contributed by atoms with Crippen molar-refractivity contribution in [2.45, 2.75) is 38.6 Å². The van der Waals surface area contributed by atoms with E-state index >= 15 is 0 Å². The summed E-state index contributed by atoms with van der Waals surface area (Å²) in [5.74, 6) is -0.404. The Bertz CT molecular complexity index is 904. The second kappa shape index (κ2) is 9.21. The molecule has 0 aliphatic heterocycles. The van der Waals surface area contributed by atoms with Gasteiger partial charge in [-0.2, -0.15) is 0 Å². The first-order chi connectivity index (χ1) is 13.2. The van der Waals surface area contributed by atoms with Crippen molar-refractivity contribution >= 4 is 34.9 Å². The molecule has 6 nitrogen and oxygen atoms in total. The Morgan fingerprint density at radius 1 is 1.21 bits per heavy atom. The number of rotatable bonds is 8. The van der Waals surface area contributed by atoms with E-state index in [4.69, 9.17) is 0 Å². The molecule has 28 heavy (non-hydrogen) atoms. The number of carbonyl (C=O) groups excluding carboxylic acids is 3. The van der Waals surface area contributed by atoms with Crippen LogP contribution in [0.5, 0.6) is 0 Å². The molecule has 1 aromatic heterocycles. The summed E-state index contributed by atoms with van der Waals surface area (Å²) in [6.07, 6.45) is 1.95. The van der Waals surface area contributed by atoms with Crippen LogP contribution in [0.25, 0.3) is 0 Å². The second-order valence-corrected chi connectivity index (χ2v) is 7.73. The third-order valence-electron chi connectivity index (χ3n) is 4.85. The number of benzene rings is 1. The predicted molar refractivity (Wildman–Crippen MR) is 114 cm³/mol. The minimum atomic E-state index is -0.516. The van der Waals surface area contributed by atoms with Gasteiger partial charge in [0.05, 0.1) is 24.0 Å². The average molecular weight is 402 g/mol. The molecule has 2 aromatic rings. The fourth-order valence-electron chi connectivity index (χ4n) is 3.23. The SMILES string of the molecule is CSc1ccccc1NC(=O)CN(C)[C@@H](C)C(=O)c1[nH]c(C)c(C(C)=O)c1C. The molecule has 1 atom stereocenters. The molecule has 0 saturated carbocycles. The molecular weight excluding hydrogens is 374 g/mol. The van der Waals surface area contributed by atoms with Crippen LogP contribution in [0.15, 0.2) is 29.2 Å². The molecule has 0 aliphatic carbocycles. The number of aromatic amines is 1. The summed E-state index contributed by atoms with van der Waals surface area (Å²) in [7, 11) is 1.74. The van der Waals surface area contributed by atoms with Gasteiger partial charge in [-0.15, -0.1) is 11.8 Å². The highest BCUT2D eigenvalue weighted by molar-refractivity contribution is 7.98. The van der Waals surface area contributed by atoms with Gasteiger partial charge >= 0.3 is 0 Å². The summed E-state index contributed by atoms with van der Waals surface area (Å²) >= 11 is 1.56. The molecule has 0 fully saturated rings. The van der Waals surface area contributed by atoms with Crippen molar-refractivity contribution in [2.75, 3.05) is 25.2 Å². The summed E-state index contributed by atoms with van der Waals surface area (Å²) in [5, 5.41) is 2.90. The van der Waals surface area contributed by atoms with E-state index in [-0.39, 0.29) is 24.0 Å². The number of nitrogens with one attached hydrogen (secondary N) is 2. The van der Waals surface area contributed by atoms with E-state index in [2.05, 4.69) is 10.3 Å². The highest BCUT2D eigenvalue weighted by Crippen LogP contribution is 2.24. The topological polar surface area (TPSA) is 82.3 Å². The van der Waals surface area contributed by atoms with E-state index in [9.17, 15) is 14.4 Å². The molecule has 0 saturated heterocycles. The van der Waals surface area contributed by atoms with Gasteiger partial charge in [0.15, 0.2) is 11.6 Å². The van der Waals surface area contributed by atoms with Crippen molar-refractivity contribution in [1.82, 2.24) is 9.88 Å². The fourth-order valence-corrected chi connectivity index (χ4v) is 3.79. The molecule has 0 spiro atoms. The number of aromatic nitrogens is 1. The maximum atomic E-state index is 12.9. The first kappa shape index (κ1) is 21.9. The Morgan fingerprint density at radius 2 is 1.86 bits per heavy atom. The van der Waals surface area contributed by atoms with Crippen LogP contribution < -0.4 is 5.32 Å². The first-order valence-corrected chi connectivity index (χ1v) is 10.3. The van der Waals surface area contributed by atoms with E-state index in [1.165, 1.54) is 6.92 Å². The Morgan fingerprint density at radius 3 is 2.43 bits per heavy atom. The first-order valence-electron chi connectivity index (χ1n) is 9.04. The number of carbonyl (C=O) groups is 3. The Labute approximate surface area is 170 Å². The Kier molecular flexibility index (Phi) is 7.21. The number of H-pyrrole nitrogens is 1. The third-order valence-corrected chi connectivity index (χ3v) is 5.65. The van der Waals surface area contributed by atoms with Crippen LogP contribution in [0.3, 0.4) is 0 Å². The normalized spacial score (nSPS) is 12.1. The van der Waals surface area contributed by atoms with Crippen molar-refractivity contribution in [3.05, 3.63) is 46.8 Å². The van der Waals surface area contributed by atoms with Crippen LogP contribution in [0, 0.1) is 13.8 Å². The maximum absolute atomic E-state index is 12.9. The number of thioether (sulfide) groups is 1. The standard InChI is InChI=1S/C21H27N3O3S/c1-12-19(15(4)25)13(2)22-20(12)21(27)14(3)24(5)11-18(26)23-16-9-7-8-10-17(16)28-6/h7-10,14,22H,11H2,1-6H3,(H,23,26)/t14-/m0/s1. The largest absolute Gasteiger partial charge is 0.355 e. The Balaban J connectivity index is 2.09. The Hall–Kier alpha value is -2.38. The van der Waals surface area contributed by atoms with Crippen molar-refractivity contribution < 1.29 is 14.4 Å². The number of aryl methyl sites for hydroxylation is 1. The van der Waals surface area contributed by atoms with Crippen LogP contribution in [-0.2, 0) is 4.79 Å². The van der Waals surface area contributed by atoms with Gasteiger partial charge in [0, 0.05) is 16.2 Å². The molecule has 1 heterocycles. The monoisotopic (exact) mass is 401 g/mol. The van der Waals surface area contributed by atoms with Gasteiger partial charge in [-0.1, -0.05) is 12.1 Å². The minimum absolute atomic E-state index is 0.0712. The van der Waals surface area contributed by atoms with Gasteiger partial charge in [0.25, 0.3) is 0 Å². The zero-order valence-corrected chi connectivity index (χ0v) is 18.0. The molecule has 1 aromatic carbocycles. The predicted octanol–water partition coefficient (Wildman–Crippen LogP) is 3.70. The summed E-state index contributed by atoms with van der Waals surface area (Å²) in [6.45, 7) is 6.88. The van der Waals surface area contributed by atoms with E-state index in [1.807, 2.05) is 30.5 Å². The van der Waals surface area contributed by atoms with Gasteiger partial charge < -0.3 is 10.3 Å². The molecular formula is C21H27N3O3S. The van der Waals surface area contributed by atoms with Gasteiger partial charge in [-0.3, -0.25) is 19.3 Å². The van der Waals surface area contributed by atoms with Crippen LogP contribution in [0.1, 0.15) is 46.0 Å². The van der Waals surface area contributed by atoms with Crippen molar-refractivity contribution in [3.8, 4) is 0 Å². The number of likely N-dealkylation sites (N-methyl/N-ethyl adjacent to an activating group) is 1. The number of hydrogen-bond donors (Lipinski definition) is 2. The number of amides is 1. The van der Waals surface area contributed by atoms with Gasteiger partial charge in [0.2, 0.25) is 5.91 Å². The minimum Gasteiger partial charge on any atom is -0.355 e. The lowest BCUT2D eigenvalue weighted by Gasteiger charge is -2.23. The van der Waals surface area contributed by atoms with Gasteiger partial charge in [0.1, 0.15) is 0 Å². The fraction of sp³-hybridized carbons (Fsp3) is 0.381. The lowest BCUT2D eigenvalue weighted by molar-refractivity contribution is -0.117. The lowest BCUT2D eigenvalue weighted by Crippen LogP contribution is -2.41. The molecule has 2 rings (SSSR count). The molecule has 150 valence electrons. The summed E-state index contributed by atoms with van der Waals surface area (Å²) in [6, 6.07) is 7.07. The second-order valence-electron chi connectivity index (χ2n) is 6.88. The van der Waals surface area contributed by atoms with Crippen LogP contribution >= 0.6 is 11.8 Å². The van der Waals surface area contributed by atoms with Crippen molar-refractivity contribution in [3.63, 3.8) is 0 Å². The van der Waals surface area contributed by atoms with E-state index in [0.29, 0.717) is 22.5 Å². The van der Waals surface area contributed by atoms with Crippen molar-refractivity contribution in [2.24, 2.45) is 0 Å². The number of ketones is 2. The van der Waals surface area contributed by atoms with Crippen molar-refractivity contribution in [1.29, 1.82) is 0 Å². The highest BCUT2D eigenvalue weighted by atomic mass is 32.2. The van der Waals surface area contributed by atoms with E-state index in [0.717, 1.165) is 10.6 Å². The molecule has 1 amide bonds. The summed E-state index contributed by atoms with van der Waals surface area (Å²) < 4.78 is 0. The lowest BCUT2D eigenvalue weighted by atomic mass is 10.0. The molecule has 7 heteroatoms. The zero-order valence-electron chi connectivity index (χ0n) is 17.2. The highest BCUT2D eigenvalue weighted by Gasteiger charge is 2.26. The van der Waals surface area contributed by atoms with Crippen LogP contribution in [0.2, 0.25) is 0 Å². The third kappa shape index (κ3) is 4.72. The van der Waals surface area contributed by atoms with Gasteiger partial charge in [-0.25, -0.2) is 0 Å².